The topological polar surface area (TPSA) is 98.5 Å². The second-order valence-corrected chi connectivity index (χ2v) is 8.62. The molecule has 0 amide bonds. The Morgan fingerprint density at radius 2 is 1.77 bits per heavy atom. The number of nitrogens with zero attached hydrogens (tertiary/aromatic N) is 5. The fourth-order valence-electron chi connectivity index (χ4n) is 4.41. The third kappa shape index (κ3) is 3.04. The Morgan fingerprint density at radius 3 is 2.50 bits per heavy atom. The van der Waals surface area contributed by atoms with Gasteiger partial charge in [-0.05, 0) is 43.2 Å². The van der Waals surface area contributed by atoms with E-state index in [-0.39, 0.29) is 17.2 Å². The minimum Gasteiger partial charge on any atom is -0.312 e. The van der Waals surface area contributed by atoms with Crippen molar-refractivity contribution in [2.75, 3.05) is 6.26 Å². The van der Waals surface area contributed by atoms with Gasteiger partial charge in [-0.3, -0.25) is 14.2 Å². The Balaban J connectivity index is 1.69. The van der Waals surface area contributed by atoms with Crippen LogP contribution in [0, 0.1) is 5.92 Å². The summed E-state index contributed by atoms with van der Waals surface area (Å²) >= 11 is 1.39. The van der Waals surface area contributed by atoms with Gasteiger partial charge in [-0.2, -0.15) is 4.98 Å². The summed E-state index contributed by atoms with van der Waals surface area (Å²) in [7, 11) is 0. The first kappa shape index (κ1) is 19.0. The van der Waals surface area contributed by atoms with Crippen LogP contribution in [0.3, 0.4) is 0 Å². The van der Waals surface area contributed by atoms with Crippen LogP contribution in [0.15, 0.2) is 45.3 Å². The quantitative estimate of drug-likeness (QED) is 0.402. The number of aromatic nitrogens is 6. The predicted molar refractivity (Wildman–Crippen MR) is 117 cm³/mol. The van der Waals surface area contributed by atoms with Crippen molar-refractivity contribution in [1.29, 1.82) is 0 Å². The van der Waals surface area contributed by atoms with Gasteiger partial charge in [-0.1, -0.05) is 31.5 Å². The van der Waals surface area contributed by atoms with Gasteiger partial charge in [0, 0.05) is 18.4 Å². The van der Waals surface area contributed by atoms with E-state index in [1.54, 1.807) is 18.3 Å². The summed E-state index contributed by atoms with van der Waals surface area (Å²) in [5.41, 5.74) is 0.788. The highest BCUT2D eigenvalue weighted by Crippen LogP contribution is 2.32. The second-order valence-electron chi connectivity index (χ2n) is 7.85. The zero-order valence-corrected chi connectivity index (χ0v) is 17.6. The van der Waals surface area contributed by atoms with Crippen LogP contribution in [0.25, 0.3) is 27.8 Å². The normalized spacial score (nSPS) is 19.5. The van der Waals surface area contributed by atoms with Crippen molar-refractivity contribution < 1.29 is 0 Å². The summed E-state index contributed by atoms with van der Waals surface area (Å²) in [6, 6.07) is 5.50. The van der Waals surface area contributed by atoms with Crippen molar-refractivity contribution in [3.05, 3.63) is 51.3 Å². The molecule has 9 heteroatoms. The first-order chi connectivity index (χ1) is 14.6. The number of H-pyrrole nitrogens is 1. The Bertz CT molecular complexity index is 1370. The monoisotopic (exact) mass is 422 g/mol. The van der Waals surface area contributed by atoms with E-state index in [0.29, 0.717) is 38.8 Å². The molecule has 2 atom stereocenters. The smallest absolute Gasteiger partial charge is 0.266 e. The molecular weight excluding hydrogens is 400 g/mol. The van der Waals surface area contributed by atoms with Gasteiger partial charge in [0.25, 0.3) is 11.1 Å². The third-order valence-electron chi connectivity index (χ3n) is 6.06. The molecule has 0 aliphatic heterocycles. The predicted octanol–water partition coefficient (Wildman–Crippen LogP) is 3.29. The molecule has 0 bridgehead atoms. The molecule has 0 spiro atoms. The zero-order valence-electron chi connectivity index (χ0n) is 16.8. The number of fused-ring (bicyclic) bond motifs is 2. The summed E-state index contributed by atoms with van der Waals surface area (Å²) < 4.78 is 3.23. The lowest BCUT2D eigenvalue weighted by Crippen LogP contribution is -2.30. The van der Waals surface area contributed by atoms with Gasteiger partial charge in [0.15, 0.2) is 0 Å². The molecule has 1 aliphatic rings. The summed E-state index contributed by atoms with van der Waals surface area (Å²) in [6.07, 6.45) is 9.83. The van der Waals surface area contributed by atoms with Crippen molar-refractivity contribution in [3.8, 4) is 5.95 Å². The first-order valence-corrected chi connectivity index (χ1v) is 11.3. The molecule has 154 valence electrons. The largest absolute Gasteiger partial charge is 0.312 e. The van der Waals surface area contributed by atoms with Crippen LogP contribution in [0.2, 0.25) is 0 Å². The van der Waals surface area contributed by atoms with Gasteiger partial charge >= 0.3 is 0 Å². The number of rotatable bonds is 3. The van der Waals surface area contributed by atoms with Gasteiger partial charge in [0.1, 0.15) is 0 Å². The van der Waals surface area contributed by atoms with Gasteiger partial charge in [-0.15, -0.1) is 5.10 Å². The van der Waals surface area contributed by atoms with Crippen LogP contribution in [0.5, 0.6) is 0 Å². The van der Waals surface area contributed by atoms with Crippen molar-refractivity contribution in [2.24, 2.45) is 5.92 Å². The number of nitrogens with one attached hydrogen (secondary N) is 1. The molecule has 1 saturated carbocycles. The fourth-order valence-corrected chi connectivity index (χ4v) is 4.73. The fraction of sp³-hybridized carbons (Fsp3) is 0.381. The van der Waals surface area contributed by atoms with Gasteiger partial charge in [0.2, 0.25) is 11.1 Å². The molecule has 4 aromatic heterocycles. The Morgan fingerprint density at radius 1 is 1.03 bits per heavy atom. The maximum absolute atomic E-state index is 13.3. The lowest BCUT2D eigenvalue weighted by Gasteiger charge is -2.30. The van der Waals surface area contributed by atoms with E-state index in [9.17, 15) is 9.59 Å². The van der Waals surface area contributed by atoms with Crippen LogP contribution in [-0.2, 0) is 0 Å². The number of thioether (sulfide) groups is 1. The molecule has 0 unspecified atom stereocenters. The van der Waals surface area contributed by atoms with Gasteiger partial charge in [0.05, 0.1) is 21.8 Å². The van der Waals surface area contributed by atoms with E-state index in [4.69, 9.17) is 0 Å². The molecule has 4 aromatic rings. The van der Waals surface area contributed by atoms with E-state index in [1.165, 1.54) is 22.7 Å². The number of hydrogen-bond acceptors (Lipinski definition) is 6. The highest BCUT2D eigenvalue weighted by molar-refractivity contribution is 7.98. The zero-order chi connectivity index (χ0) is 20.8. The number of aromatic amines is 1. The van der Waals surface area contributed by atoms with E-state index < -0.39 is 0 Å². The average Bonchev–Trinajstić information content (AvgIpc) is 3.23. The maximum atomic E-state index is 13.3. The SMILES string of the molecule is CSc1n[nH]c(-n2ccc3nc4ccn([C@@H]5CCCC[C@@H]5C)c(=O)c4cc3c2=O)n1. The summed E-state index contributed by atoms with van der Waals surface area (Å²) in [6.45, 7) is 2.21. The molecule has 1 aliphatic carbocycles. The summed E-state index contributed by atoms with van der Waals surface area (Å²) in [5, 5.41) is 8.26. The van der Waals surface area contributed by atoms with Crippen molar-refractivity contribution in [3.63, 3.8) is 0 Å². The number of hydrogen-bond donors (Lipinski definition) is 1. The third-order valence-corrected chi connectivity index (χ3v) is 6.61. The molecule has 5 rings (SSSR count). The van der Waals surface area contributed by atoms with Crippen LogP contribution in [0.1, 0.15) is 38.6 Å². The molecule has 30 heavy (non-hydrogen) atoms. The minimum atomic E-state index is -0.286. The Kier molecular flexibility index (Phi) is 4.69. The average molecular weight is 423 g/mol. The second kappa shape index (κ2) is 7.39. The maximum Gasteiger partial charge on any atom is 0.266 e. The highest BCUT2D eigenvalue weighted by Gasteiger charge is 2.24. The summed E-state index contributed by atoms with van der Waals surface area (Å²) in [4.78, 5) is 35.3. The van der Waals surface area contributed by atoms with Crippen LogP contribution in [0.4, 0.5) is 0 Å². The molecule has 0 radical (unpaired) electrons. The Hall–Kier alpha value is -2.94. The molecule has 1 N–H and O–H groups in total. The van der Waals surface area contributed by atoms with Crippen LogP contribution < -0.4 is 11.1 Å². The van der Waals surface area contributed by atoms with Gasteiger partial charge in [-0.25, -0.2) is 10.1 Å². The standard InChI is InChI=1S/C21H22N6O2S/c1-12-5-3-4-6-17(12)26-9-7-15-13(18(26)28)11-14-16(22-15)8-10-27(19(14)29)20-23-21(30-2)25-24-20/h7-12,17H,3-6H2,1-2H3,(H,23,24,25)/t12-,17+/m0/s1. The molecule has 0 saturated heterocycles. The van der Waals surface area contributed by atoms with Gasteiger partial charge < -0.3 is 4.57 Å². The molecule has 1 fully saturated rings. The van der Waals surface area contributed by atoms with E-state index in [0.717, 1.165) is 19.3 Å². The van der Waals surface area contributed by atoms with Crippen molar-refractivity contribution in [2.45, 2.75) is 43.8 Å². The molecular formula is C21H22N6O2S. The molecule has 8 nitrogen and oxygen atoms in total. The van der Waals surface area contributed by atoms with E-state index in [2.05, 4.69) is 27.1 Å². The molecule has 0 aromatic carbocycles. The van der Waals surface area contributed by atoms with Crippen LogP contribution >= 0.6 is 11.8 Å². The highest BCUT2D eigenvalue weighted by atomic mass is 32.2. The Labute approximate surface area is 176 Å². The minimum absolute atomic E-state index is 0.0835. The molecule has 4 heterocycles. The lowest BCUT2D eigenvalue weighted by molar-refractivity contribution is 0.253. The number of pyridine rings is 3. The van der Waals surface area contributed by atoms with Crippen LogP contribution in [-0.4, -0.2) is 35.6 Å². The first-order valence-electron chi connectivity index (χ1n) is 10.1. The van der Waals surface area contributed by atoms with E-state index >= 15 is 0 Å². The lowest BCUT2D eigenvalue weighted by atomic mass is 9.85. The van der Waals surface area contributed by atoms with Crippen molar-refractivity contribution >= 4 is 33.6 Å². The van der Waals surface area contributed by atoms with E-state index in [1.807, 2.05) is 23.1 Å². The summed E-state index contributed by atoms with van der Waals surface area (Å²) in [5.74, 6) is 0.796. The van der Waals surface area contributed by atoms with Crippen molar-refractivity contribution in [1.82, 2.24) is 29.3 Å².